The summed E-state index contributed by atoms with van der Waals surface area (Å²) >= 11 is 3.46. The second kappa shape index (κ2) is 6.38. The minimum atomic E-state index is -1.63. The number of rotatable bonds is 4. The average molecular weight is 341 g/mol. The Morgan fingerprint density at radius 1 is 1.21 bits per heavy atom. The molecule has 0 saturated carbocycles. The van der Waals surface area contributed by atoms with Crippen molar-refractivity contribution in [3.05, 3.63) is 40.4 Å². The van der Waals surface area contributed by atoms with Gasteiger partial charge in [0.05, 0.1) is 6.61 Å². The second-order valence-electron chi connectivity index (χ2n) is 6.47. The van der Waals surface area contributed by atoms with Crippen molar-refractivity contribution in [3.8, 4) is 0 Å². The van der Waals surface area contributed by atoms with Crippen LogP contribution < -0.4 is 0 Å². The Kier molecular flexibility index (Phi) is 5.60. The van der Waals surface area contributed by atoms with E-state index < -0.39 is 8.32 Å². The summed E-state index contributed by atoms with van der Waals surface area (Å²) in [6.07, 6.45) is 2.18. The molecule has 0 N–H and O–H groups in total. The molecule has 0 amide bonds. The predicted molar refractivity (Wildman–Crippen MR) is 90.9 cm³/mol. The van der Waals surface area contributed by atoms with E-state index in [4.69, 9.17) is 4.43 Å². The van der Waals surface area contributed by atoms with Gasteiger partial charge in [-0.3, -0.25) is 0 Å². The monoisotopic (exact) mass is 340 g/mol. The molecule has 0 fully saturated rings. The summed E-state index contributed by atoms with van der Waals surface area (Å²) in [6, 6.07) is 8.40. The Bertz CT molecular complexity index is 441. The molecule has 3 heteroatoms. The van der Waals surface area contributed by atoms with Crippen LogP contribution in [0.25, 0.3) is 5.57 Å². The highest BCUT2D eigenvalue weighted by molar-refractivity contribution is 9.10. The van der Waals surface area contributed by atoms with Gasteiger partial charge in [-0.05, 0) is 48.3 Å². The lowest BCUT2D eigenvalue weighted by Crippen LogP contribution is -2.40. The zero-order chi connectivity index (χ0) is 14.7. The van der Waals surface area contributed by atoms with E-state index >= 15 is 0 Å². The summed E-state index contributed by atoms with van der Waals surface area (Å²) < 4.78 is 7.28. The highest BCUT2D eigenvalue weighted by atomic mass is 79.9. The summed E-state index contributed by atoms with van der Waals surface area (Å²) in [6.45, 7) is 14.2. The van der Waals surface area contributed by atoms with E-state index in [0.717, 1.165) is 4.47 Å². The van der Waals surface area contributed by atoms with Crippen LogP contribution in [0.5, 0.6) is 0 Å². The first-order valence-corrected chi connectivity index (χ1v) is 10.4. The van der Waals surface area contributed by atoms with Gasteiger partial charge < -0.3 is 4.43 Å². The van der Waals surface area contributed by atoms with Crippen LogP contribution in [-0.2, 0) is 4.43 Å². The van der Waals surface area contributed by atoms with Crippen LogP contribution in [0.15, 0.2) is 34.8 Å². The molecule has 1 aromatic carbocycles. The molecule has 0 bridgehead atoms. The fourth-order valence-electron chi connectivity index (χ4n) is 1.42. The van der Waals surface area contributed by atoms with E-state index in [1.807, 2.05) is 0 Å². The van der Waals surface area contributed by atoms with Crippen LogP contribution in [0.4, 0.5) is 0 Å². The summed E-state index contributed by atoms with van der Waals surface area (Å²) in [5.41, 5.74) is 2.52. The summed E-state index contributed by atoms with van der Waals surface area (Å²) in [7, 11) is -1.63. The number of hydrogen-bond donors (Lipinski definition) is 0. The number of allylic oxidation sites excluding steroid dienone is 1. The smallest absolute Gasteiger partial charge is 0.192 e. The molecular formula is C16H25BrOSi. The van der Waals surface area contributed by atoms with Crippen LogP contribution in [0.1, 0.15) is 33.3 Å². The maximum Gasteiger partial charge on any atom is 0.192 e. The van der Waals surface area contributed by atoms with E-state index in [9.17, 15) is 0 Å². The molecule has 0 aliphatic heterocycles. The van der Waals surface area contributed by atoms with E-state index in [2.05, 4.69) is 87.1 Å². The molecule has 0 radical (unpaired) electrons. The van der Waals surface area contributed by atoms with Crippen molar-refractivity contribution in [1.82, 2.24) is 0 Å². The van der Waals surface area contributed by atoms with Crippen molar-refractivity contribution in [1.29, 1.82) is 0 Å². The van der Waals surface area contributed by atoms with E-state index in [1.54, 1.807) is 0 Å². The fourth-order valence-corrected chi connectivity index (χ4v) is 2.62. The molecule has 0 aliphatic rings. The van der Waals surface area contributed by atoms with Gasteiger partial charge in [-0.1, -0.05) is 54.9 Å². The molecule has 106 valence electrons. The van der Waals surface area contributed by atoms with Crippen LogP contribution in [0.3, 0.4) is 0 Å². The van der Waals surface area contributed by atoms with Crippen LogP contribution in [0, 0.1) is 0 Å². The molecule has 0 aliphatic carbocycles. The highest BCUT2D eigenvalue weighted by Gasteiger charge is 2.36. The Labute approximate surface area is 127 Å². The molecule has 1 aromatic rings. The molecule has 0 saturated heterocycles. The lowest BCUT2D eigenvalue weighted by molar-refractivity contribution is 0.328. The Morgan fingerprint density at radius 3 is 2.21 bits per heavy atom. The van der Waals surface area contributed by atoms with E-state index in [1.165, 1.54) is 11.1 Å². The zero-order valence-electron chi connectivity index (χ0n) is 12.9. The number of benzene rings is 1. The van der Waals surface area contributed by atoms with Crippen LogP contribution >= 0.6 is 15.9 Å². The zero-order valence-corrected chi connectivity index (χ0v) is 15.5. The lowest BCUT2D eigenvalue weighted by Gasteiger charge is -2.35. The largest absolute Gasteiger partial charge is 0.413 e. The lowest BCUT2D eigenvalue weighted by atomic mass is 10.1. The van der Waals surface area contributed by atoms with Gasteiger partial charge >= 0.3 is 0 Å². The standard InChI is InChI=1S/C16H25BrOSi/c1-13(14-7-9-15(17)10-8-14)11-12-18-19(5,6)16(2,3)4/h7-11H,12H2,1-6H3/b13-11-. The van der Waals surface area contributed by atoms with Gasteiger partial charge in [0.1, 0.15) is 0 Å². The second-order valence-corrected chi connectivity index (χ2v) is 12.2. The fraction of sp³-hybridized carbons (Fsp3) is 0.500. The SMILES string of the molecule is C/C(=C/CO[Si](C)(C)C(C)(C)C)c1ccc(Br)cc1. The van der Waals surface area contributed by atoms with Gasteiger partial charge in [0.15, 0.2) is 8.32 Å². The molecule has 0 heterocycles. The minimum absolute atomic E-state index is 0.270. The maximum absolute atomic E-state index is 6.16. The third-order valence-corrected chi connectivity index (χ3v) is 8.97. The summed E-state index contributed by atoms with van der Waals surface area (Å²) in [5.74, 6) is 0. The van der Waals surface area contributed by atoms with Crippen molar-refractivity contribution in [2.45, 2.75) is 45.8 Å². The van der Waals surface area contributed by atoms with Crippen molar-refractivity contribution < 1.29 is 4.43 Å². The van der Waals surface area contributed by atoms with Crippen molar-refractivity contribution in [2.75, 3.05) is 6.61 Å². The predicted octanol–water partition coefficient (Wildman–Crippen LogP) is 5.87. The first-order chi connectivity index (χ1) is 8.63. The molecule has 0 atom stereocenters. The average Bonchev–Trinajstić information content (AvgIpc) is 2.28. The molecular weight excluding hydrogens is 316 g/mol. The molecule has 1 nitrogen and oxygen atoms in total. The molecule has 0 aromatic heterocycles. The van der Waals surface area contributed by atoms with Gasteiger partial charge in [-0.2, -0.15) is 0 Å². The van der Waals surface area contributed by atoms with Gasteiger partial charge in [0, 0.05) is 4.47 Å². The normalized spacial score (nSPS) is 13.7. The quantitative estimate of drug-likeness (QED) is 0.622. The maximum atomic E-state index is 6.16. The molecule has 1 rings (SSSR count). The summed E-state index contributed by atoms with van der Waals surface area (Å²) in [5, 5.41) is 0.270. The van der Waals surface area contributed by atoms with Crippen LogP contribution in [0.2, 0.25) is 18.1 Å². The topological polar surface area (TPSA) is 9.23 Å². The van der Waals surface area contributed by atoms with Gasteiger partial charge in [0.25, 0.3) is 0 Å². The van der Waals surface area contributed by atoms with Gasteiger partial charge in [-0.15, -0.1) is 0 Å². The first kappa shape index (κ1) is 16.7. The molecule has 0 spiro atoms. The third kappa shape index (κ3) is 4.90. The van der Waals surface area contributed by atoms with E-state index in [0.29, 0.717) is 6.61 Å². The van der Waals surface area contributed by atoms with Crippen molar-refractivity contribution in [2.24, 2.45) is 0 Å². The Hall–Kier alpha value is -0.383. The third-order valence-electron chi connectivity index (χ3n) is 3.94. The van der Waals surface area contributed by atoms with Gasteiger partial charge in [-0.25, -0.2) is 0 Å². The number of hydrogen-bond acceptors (Lipinski definition) is 1. The first-order valence-electron chi connectivity index (χ1n) is 6.70. The minimum Gasteiger partial charge on any atom is -0.413 e. The summed E-state index contributed by atoms with van der Waals surface area (Å²) in [4.78, 5) is 0. The van der Waals surface area contributed by atoms with Crippen molar-refractivity contribution >= 4 is 29.8 Å². The van der Waals surface area contributed by atoms with Gasteiger partial charge in [0.2, 0.25) is 0 Å². The molecule has 0 unspecified atom stereocenters. The number of halogens is 1. The highest BCUT2D eigenvalue weighted by Crippen LogP contribution is 2.36. The van der Waals surface area contributed by atoms with Crippen molar-refractivity contribution in [3.63, 3.8) is 0 Å². The Morgan fingerprint density at radius 2 is 1.74 bits per heavy atom. The molecule has 19 heavy (non-hydrogen) atoms. The Balaban J connectivity index is 2.65. The van der Waals surface area contributed by atoms with E-state index in [-0.39, 0.29) is 5.04 Å². The van der Waals surface area contributed by atoms with Crippen LogP contribution in [-0.4, -0.2) is 14.9 Å².